The number of aromatic carboxylic acids is 1. The van der Waals surface area contributed by atoms with Gasteiger partial charge in [0.05, 0.1) is 18.4 Å². The van der Waals surface area contributed by atoms with Crippen molar-refractivity contribution < 1.29 is 23.1 Å². The number of sulfonamides is 1. The number of rotatable bonds is 6. The van der Waals surface area contributed by atoms with Gasteiger partial charge in [-0.3, -0.25) is 9.40 Å². The van der Waals surface area contributed by atoms with Crippen molar-refractivity contribution in [2.45, 2.75) is 5.03 Å². The minimum atomic E-state index is -3.97. The molecular weight excluding hydrogens is 380 g/mol. The van der Waals surface area contributed by atoms with Gasteiger partial charge in [0, 0.05) is 18.6 Å². The van der Waals surface area contributed by atoms with E-state index in [1.165, 1.54) is 30.7 Å². The third kappa shape index (κ3) is 3.53. The molecular formula is C15H14N4O5S2. The molecule has 0 aliphatic heterocycles. The maximum atomic E-state index is 12.6. The van der Waals surface area contributed by atoms with Gasteiger partial charge in [-0.1, -0.05) is 0 Å². The van der Waals surface area contributed by atoms with Crippen LogP contribution in [-0.4, -0.2) is 41.4 Å². The van der Waals surface area contributed by atoms with Gasteiger partial charge in [-0.05, 0) is 24.3 Å². The van der Waals surface area contributed by atoms with E-state index in [0.717, 1.165) is 11.3 Å². The smallest absolute Gasteiger partial charge is 0.335 e. The molecule has 0 amide bonds. The summed E-state index contributed by atoms with van der Waals surface area (Å²) in [4.78, 5) is 15.1. The molecule has 0 saturated carbocycles. The van der Waals surface area contributed by atoms with Gasteiger partial charge in [0.15, 0.2) is 5.03 Å². The van der Waals surface area contributed by atoms with Crippen LogP contribution in [0, 0.1) is 0 Å². The normalized spacial score (nSPS) is 11.3. The van der Waals surface area contributed by atoms with E-state index in [0.29, 0.717) is 10.7 Å². The summed E-state index contributed by atoms with van der Waals surface area (Å²) < 4.78 is 34.2. The van der Waals surface area contributed by atoms with Gasteiger partial charge in [0.1, 0.15) is 16.5 Å². The van der Waals surface area contributed by atoms with Gasteiger partial charge < -0.3 is 9.84 Å². The van der Waals surface area contributed by atoms with E-state index in [-0.39, 0.29) is 22.0 Å². The fraction of sp³-hybridized carbons (Fsp3) is 0.133. The Morgan fingerprint density at radius 1 is 1.35 bits per heavy atom. The molecule has 2 heterocycles. The number of carboxylic acids is 1. The van der Waals surface area contributed by atoms with E-state index in [4.69, 9.17) is 9.84 Å². The predicted octanol–water partition coefficient (Wildman–Crippen LogP) is 2.05. The van der Waals surface area contributed by atoms with Crippen molar-refractivity contribution in [2.75, 3.05) is 11.8 Å². The average molecular weight is 394 g/mol. The number of carbonyl (C=O) groups is 1. The maximum Gasteiger partial charge on any atom is 0.335 e. The summed E-state index contributed by atoms with van der Waals surface area (Å²) in [5.41, 5.74) is 0.670. The summed E-state index contributed by atoms with van der Waals surface area (Å²) in [6, 6.07) is 5.58. The molecule has 1 aromatic carbocycles. The maximum absolute atomic E-state index is 12.6. The van der Waals surface area contributed by atoms with Gasteiger partial charge >= 0.3 is 5.97 Å². The highest BCUT2D eigenvalue weighted by Crippen LogP contribution is 2.30. The zero-order valence-electron chi connectivity index (χ0n) is 13.7. The second kappa shape index (κ2) is 6.77. The molecule has 0 saturated heterocycles. The molecule has 11 heteroatoms. The number of thiazole rings is 1. The van der Waals surface area contributed by atoms with Crippen molar-refractivity contribution in [3.63, 3.8) is 0 Å². The Morgan fingerprint density at radius 3 is 2.73 bits per heavy atom. The SMILES string of the molecule is COc1cc(C(=O)O)ccc1NS(=O)(=O)c1csc(-c2ccn(C)n2)n1. The van der Waals surface area contributed by atoms with Gasteiger partial charge in [-0.15, -0.1) is 11.3 Å². The van der Waals surface area contributed by atoms with E-state index in [1.54, 1.807) is 24.0 Å². The number of methoxy groups -OCH3 is 1. The van der Waals surface area contributed by atoms with Crippen molar-refractivity contribution in [2.24, 2.45) is 7.05 Å². The molecule has 0 aliphatic rings. The fourth-order valence-corrected chi connectivity index (χ4v) is 4.26. The quantitative estimate of drug-likeness (QED) is 0.656. The molecule has 0 bridgehead atoms. The van der Waals surface area contributed by atoms with Crippen LogP contribution in [0.5, 0.6) is 5.75 Å². The van der Waals surface area contributed by atoms with Crippen molar-refractivity contribution in [1.29, 1.82) is 0 Å². The molecule has 0 spiro atoms. The monoisotopic (exact) mass is 394 g/mol. The minimum absolute atomic E-state index is 0.0177. The van der Waals surface area contributed by atoms with Crippen LogP contribution in [-0.2, 0) is 17.1 Å². The van der Waals surface area contributed by atoms with Crippen LogP contribution in [0.25, 0.3) is 10.7 Å². The van der Waals surface area contributed by atoms with Gasteiger partial charge in [0.2, 0.25) is 0 Å². The lowest BCUT2D eigenvalue weighted by atomic mass is 10.2. The summed E-state index contributed by atoms with van der Waals surface area (Å²) >= 11 is 1.15. The molecule has 0 fully saturated rings. The zero-order valence-corrected chi connectivity index (χ0v) is 15.3. The summed E-state index contributed by atoms with van der Waals surface area (Å²) in [6.45, 7) is 0. The first-order chi connectivity index (χ1) is 12.3. The summed E-state index contributed by atoms with van der Waals surface area (Å²) in [5.74, 6) is -1.05. The number of nitrogens with one attached hydrogen (secondary N) is 1. The second-order valence-corrected chi connectivity index (χ2v) is 7.68. The highest BCUT2D eigenvalue weighted by molar-refractivity contribution is 7.92. The highest BCUT2D eigenvalue weighted by Gasteiger charge is 2.21. The lowest BCUT2D eigenvalue weighted by Crippen LogP contribution is -2.14. The minimum Gasteiger partial charge on any atom is -0.495 e. The number of hydrogen-bond acceptors (Lipinski definition) is 7. The molecule has 26 heavy (non-hydrogen) atoms. The van der Waals surface area contributed by atoms with Crippen LogP contribution in [0.15, 0.2) is 40.9 Å². The lowest BCUT2D eigenvalue weighted by molar-refractivity contribution is 0.0696. The Balaban J connectivity index is 1.90. The number of benzene rings is 1. The zero-order chi connectivity index (χ0) is 18.9. The van der Waals surface area contributed by atoms with Crippen molar-refractivity contribution in [3.05, 3.63) is 41.4 Å². The Bertz CT molecular complexity index is 1070. The first-order valence-corrected chi connectivity index (χ1v) is 9.56. The Hall–Kier alpha value is -2.92. The number of aromatic nitrogens is 3. The van der Waals surface area contributed by atoms with Crippen LogP contribution < -0.4 is 9.46 Å². The molecule has 0 aliphatic carbocycles. The van der Waals surface area contributed by atoms with Gasteiger partial charge in [-0.25, -0.2) is 9.78 Å². The molecule has 3 aromatic rings. The van der Waals surface area contributed by atoms with Crippen LogP contribution in [0.2, 0.25) is 0 Å². The van der Waals surface area contributed by atoms with Crippen molar-refractivity contribution >= 4 is 33.0 Å². The number of nitrogens with zero attached hydrogens (tertiary/aromatic N) is 3. The van der Waals surface area contributed by atoms with E-state index >= 15 is 0 Å². The Morgan fingerprint density at radius 2 is 2.12 bits per heavy atom. The van der Waals surface area contributed by atoms with Gasteiger partial charge in [-0.2, -0.15) is 13.5 Å². The van der Waals surface area contributed by atoms with E-state index in [2.05, 4.69) is 14.8 Å². The number of ether oxygens (including phenoxy) is 1. The van der Waals surface area contributed by atoms with Crippen LogP contribution in [0.3, 0.4) is 0 Å². The first-order valence-electron chi connectivity index (χ1n) is 7.20. The van der Waals surface area contributed by atoms with Crippen LogP contribution in [0.1, 0.15) is 10.4 Å². The van der Waals surface area contributed by atoms with Crippen LogP contribution >= 0.6 is 11.3 Å². The van der Waals surface area contributed by atoms with E-state index in [9.17, 15) is 13.2 Å². The third-order valence-corrected chi connectivity index (χ3v) is 5.65. The summed E-state index contributed by atoms with van der Waals surface area (Å²) in [6.07, 6.45) is 1.73. The largest absolute Gasteiger partial charge is 0.495 e. The average Bonchev–Trinajstić information content (AvgIpc) is 3.23. The standard InChI is InChI=1S/C15H14N4O5S2/c1-19-6-5-11(17-19)14-16-13(8-25-14)26(22,23)18-10-4-3-9(15(20)21)7-12(10)24-2/h3-8,18H,1-2H3,(H,20,21). The molecule has 0 atom stereocenters. The number of hydrogen-bond donors (Lipinski definition) is 2. The summed E-state index contributed by atoms with van der Waals surface area (Å²) in [7, 11) is -0.899. The van der Waals surface area contributed by atoms with E-state index < -0.39 is 16.0 Å². The molecule has 2 N–H and O–H groups in total. The van der Waals surface area contributed by atoms with E-state index in [1.807, 2.05) is 0 Å². The van der Waals surface area contributed by atoms with Gasteiger partial charge in [0.25, 0.3) is 10.0 Å². The number of carboxylic acid groups (broad SMARTS) is 1. The second-order valence-electron chi connectivity index (χ2n) is 5.19. The third-order valence-electron chi connectivity index (χ3n) is 3.38. The number of anilines is 1. The lowest BCUT2D eigenvalue weighted by Gasteiger charge is -2.11. The molecule has 2 aromatic heterocycles. The molecule has 0 radical (unpaired) electrons. The van der Waals surface area contributed by atoms with Crippen molar-refractivity contribution in [3.8, 4) is 16.5 Å². The molecule has 3 rings (SSSR count). The molecule has 136 valence electrons. The molecule has 9 nitrogen and oxygen atoms in total. The Labute approximate surface area is 152 Å². The number of aryl methyl sites for hydroxylation is 1. The topological polar surface area (TPSA) is 123 Å². The highest BCUT2D eigenvalue weighted by atomic mass is 32.2. The van der Waals surface area contributed by atoms with Crippen molar-refractivity contribution in [1.82, 2.24) is 14.8 Å². The Kier molecular flexibility index (Phi) is 4.66. The first kappa shape index (κ1) is 17.9. The summed E-state index contributed by atoms with van der Waals surface area (Å²) in [5, 5.41) is 14.9. The fourth-order valence-electron chi connectivity index (χ4n) is 2.13. The predicted molar refractivity (Wildman–Crippen MR) is 95.1 cm³/mol. The van der Waals surface area contributed by atoms with Crippen LogP contribution in [0.4, 0.5) is 5.69 Å². The molecule has 0 unspecified atom stereocenters.